The van der Waals surface area contributed by atoms with Gasteiger partial charge < -0.3 is 19.9 Å². The molecule has 38 heavy (non-hydrogen) atoms. The Morgan fingerprint density at radius 1 is 0.816 bits per heavy atom. The third-order valence-corrected chi connectivity index (χ3v) is 7.12. The van der Waals surface area contributed by atoms with Gasteiger partial charge in [-0.1, -0.05) is 71.7 Å². The second kappa shape index (κ2) is 13.1. The Hall–Kier alpha value is -3.18. The zero-order valence-electron chi connectivity index (χ0n) is 22.0. The second-order valence-electron chi connectivity index (χ2n) is 9.31. The SMILES string of the molecule is COc1ccccc1-c1ccc(C(CN)Cc2ccc(OCCOc3c(Cl)cc(C)cc3Cl)cc2)c(C)c1. The summed E-state index contributed by atoms with van der Waals surface area (Å²) in [4.78, 5) is 0. The first-order chi connectivity index (χ1) is 18.4. The Labute approximate surface area is 235 Å². The number of methoxy groups -OCH3 is 1. The van der Waals surface area contributed by atoms with Crippen LogP contribution in [0.25, 0.3) is 11.1 Å². The Kier molecular flexibility index (Phi) is 9.57. The summed E-state index contributed by atoms with van der Waals surface area (Å²) in [7, 11) is 1.70. The standard InChI is InChI=1S/C32H33Cl2NO3/c1-21-16-29(33)32(30(34)17-21)38-15-14-37-26-11-8-23(9-12-26)19-25(20-35)27-13-10-24(18-22(27)2)28-6-4-5-7-31(28)36-3/h4-13,16-18,25H,14-15,19-20,35H2,1-3H3. The molecule has 4 aromatic carbocycles. The molecular weight excluding hydrogens is 517 g/mol. The molecule has 0 spiro atoms. The van der Waals surface area contributed by atoms with Gasteiger partial charge in [0.15, 0.2) is 5.75 Å². The molecule has 4 rings (SSSR count). The van der Waals surface area contributed by atoms with Crippen LogP contribution in [0.4, 0.5) is 0 Å². The molecule has 0 aliphatic rings. The molecule has 0 aliphatic heterocycles. The molecule has 6 heteroatoms. The first-order valence-corrected chi connectivity index (χ1v) is 13.4. The fourth-order valence-electron chi connectivity index (χ4n) is 4.64. The van der Waals surface area contributed by atoms with Gasteiger partial charge in [-0.05, 0) is 85.0 Å². The van der Waals surface area contributed by atoms with Gasteiger partial charge in [-0.2, -0.15) is 0 Å². The second-order valence-corrected chi connectivity index (χ2v) is 10.1. The molecule has 0 bridgehead atoms. The summed E-state index contributed by atoms with van der Waals surface area (Å²) in [5, 5.41) is 0.997. The number of hydrogen-bond acceptors (Lipinski definition) is 4. The van der Waals surface area contributed by atoms with Crippen LogP contribution in [-0.2, 0) is 6.42 Å². The quantitative estimate of drug-likeness (QED) is 0.192. The molecule has 0 fully saturated rings. The number of rotatable bonds is 11. The number of hydrogen-bond donors (Lipinski definition) is 1. The zero-order chi connectivity index (χ0) is 27.1. The van der Waals surface area contributed by atoms with Crippen molar-refractivity contribution < 1.29 is 14.2 Å². The van der Waals surface area contributed by atoms with E-state index in [1.165, 1.54) is 16.7 Å². The maximum atomic E-state index is 6.24. The lowest BCUT2D eigenvalue weighted by molar-refractivity contribution is 0.217. The Bertz CT molecular complexity index is 1350. The number of benzene rings is 4. The van der Waals surface area contributed by atoms with Crippen molar-refractivity contribution in [3.63, 3.8) is 0 Å². The fourth-order valence-corrected chi connectivity index (χ4v) is 5.34. The number of halogens is 2. The Morgan fingerprint density at radius 2 is 1.50 bits per heavy atom. The smallest absolute Gasteiger partial charge is 0.156 e. The van der Waals surface area contributed by atoms with E-state index in [1.54, 1.807) is 7.11 Å². The molecule has 198 valence electrons. The number of para-hydroxylation sites is 1. The highest BCUT2D eigenvalue weighted by atomic mass is 35.5. The van der Waals surface area contributed by atoms with Gasteiger partial charge in [-0.25, -0.2) is 0 Å². The van der Waals surface area contributed by atoms with E-state index in [9.17, 15) is 0 Å². The molecule has 0 amide bonds. The Balaban J connectivity index is 1.35. The molecule has 0 saturated heterocycles. The molecule has 0 heterocycles. The third kappa shape index (κ3) is 6.82. The molecular formula is C32H33Cl2NO3. The van der Waals surface area contributed by atoms with Crippen molar-refractivity contribution in [3.05, 3.63) is 111 Å². The summed E-state index contributed by atoms with van der Waals surface area (Å²) in [6.07, 6.45) is 0.846. The predicted molar refractivity (Wildman–Crippen MR) is 157 cm³/mol. The molecule has 0 saturated carbocycles. The molecule has 1 atom stereocenters. The minimum atomic E-state index is 0.214. The summed E-state index contributed by atoms with van der Waals surface area (Å²) < 4.78 is 17.1. The highest BCUT2D eigenvalue weighted by Crippen LogP contribution is 2.35. The summed E-state index contributed by atoms with van der Waals surface area (Å²) in [5.74, 6) is 2.34. The molecule has 4 nitrogen and oxygen atoms in total. The average Bonchev–Trinajstić information content (AvgIpc) is 2.91. The van der Waals surface area contributed by atoms with Crippen LogP contribution in [0.5, 0.6) is 17.2 Å². The van der Waals surface area contributed by atoms with Crippen LogP contribution < -0.4 is 19.9 Å². The monoisotopic (exact) mass is 549 g/mol. The van der Waals surface area contributed by atoms with E-state index < -0.39 is 0 Å². The maximum Gasteiger partial charge on any atom is 0.156 e. The molecule has 4 aromatic rings. The van der Waals surface area contributed by atoms with Crippen LogP contribution >= 0.6 is 23.2 Å². The first-order valence-electron chi connectivity index (χ1n) is 12.6. The van der Waals surface area contributed by atoms with Crippen LogP contribution in [0, 0.1) is 13.8 Å². The summed E-state index contributed by atoms with van der Waals surface area (Å²) in [5.41, 5.74) is 13.1. The minimum absolute atomic E-state index is 0.214. The average molecular weight is 551 g/mol. The molecule has 1 unspecified atom stereocenters. The van der Waals surface area contributed by atoms with Gasteiger partial charge >= 0.3 is 0 Å². The van der Waals surface area contributed by atoms with Gasteiger partial charge in [0.05, 0.1) is 17.2 Å². The van der Waals surface area contributed by atoms with Gasteiger partial charge in [0.2, 0.25) is 0 Å². The highest BCUT2D eigenvalue weighted by molar-refractivity contribution is 6.37. The lowest BCUT2D eigenvalue weighted by Gasteiger charge is -2.19. The summed E-state index contributed by atoms with van der Waals surface area (Å²) in [6.45, 7) is 5.36. The fraction of sp³-hybridized carbons (Fsp3) is 0.250. The summed E-state index contributed by atoms with van der Waals surface area (Å²) in [6, 6.07) is 26.4. The number of aryl methyl sites for hydroxylation is 2. The lowest BCUT2D eigenvalue weighted by atomic mass is 9.87. The predicted octanol–water partition coefficient (Wildman–Crippen LogP) is 8.03. The Morgan fingerprint density at radius 3 is 2.16 bits per heavy atom. The van der Waals surface area contributed by atoms with E-state index in [0.717, 1.165) is 34.6 Å². The van der Waals surface area contributed by atoms with Crippen molar-refractivity contribution in [1.82, 2.24) is 0 Å². The van der Waals surface area contributed by atoms with Crippen molar-refractivity contribution in [2.45, 2.75) is 26.2 Å². The minimum Gasteiger partial charge on any atom is -0.496 e. The molecule has 2 N–H and O–H groups in total. The van der Waals surface area contributed by atoms with E-state index in [0.29, 0.717) is 35.6 Å². The van der Waals surface area contributed by atoms with Gasteiger partial charge in [-0.15, -0.1) is 0 Å². The lowest BCUT2D eigenvalue weighted by Crippen LogP contribution is -2.16. The third-order valence-electron chi connectivity index (χ3n) is 6.56. The van der Waals surface area contributed by atoms with E-state index in [1.807, 2.05) is 49.4 Å². The first kappa shape index (κ1) is 27.8. The van der Waals surface area contributed by atoms with E-state index in [4.69, 9.17) is 43.1 Å². The molecule has 0 radical (unpaired) electrons. The van der Waals surface area contributed by atoms with Crippen LogP contribution in [0.1, 0.15) is 28.2 Å². The van der Waals surface area contributed by atoms with Crippen molar-refractivity contribution in [2.24, 2.45) is 5.73 Å². The highest BCUT2D eigenvalue weighted by Gasteiger charge is 2.15. The van der Waals surface area contributed by atoms with E-state index in [2.05, 4.69) is 43.3 Å². The molecule has 0 aliphatic carbocycles. The molecule has 0 aromatic heterocycles. The normalized spacial score (nSPS) is 11.7. The van der Waals surface area contributed by atoms with Crippen LogP contribution in [0.15, 0.2) is 78.9 Å². The van der Waals surface area contributed by atoms with E-state index >= 15 is 0 Å². The van der Waals surface area contributed by atoms with Crippen molar-refractivity contribution in [2.75, 3.05) is 26.9 Å². The van der Waals surface area contributed by atoms with Crippen LogP contribution in [0.2, 0.25) is 10.0 Å². The van der Waals surface area contributed by atoms with Crippen molar-refractivity contribution in [1.29, 1.82) is 0 Å². The maximum absolute atomic E-state index is 6.24. The van der Waals surface area contributed by atoms with Gasteiger partial charge in [0.25, 0.3) is 0 Å². The van der Waals surface area contributed by atoms with Gasteiger partial charge in [-0.3, -0.25) is 0 Å². The van der Waals surface area contributed by atoms with Crippen molar-refractivity contribution in [3.8, 4) is 28.4 Å². The number of nitrogens with two attached hydrogens (primary N) is 1. The largest absolute Gasteiger partial charge is 0.496 e. The van der Waals surface area contributed by atoms with Gasteiger partial charge in [0, 0.05) is 11.5 Å². The van der Waals surface area contributed by atoms with Crippen LogP contribution in [-0.4, -0.2) is 26.9 Å². The van der Waals surface area contributed by atoms with E-state index in [-0.39, 0.29) is 5.92 Å². The topological polar surface area (TPSA) is 53.7 Å². The summed E-state index contributed by atoms with van der Waals surface area (Å²) >= 11 is 12.5. The van der Waals surface area contributed by atoms with Crippen LogP contribution in [0.3, 0.4) is 0 Å². The van der Waals surface area contributed by atoms with Gasteiger partial charge in [0.1, 0.15) is 24.7 Å². The number of ether oxygens (including phenoxy) is 3. The van der Waals surface area contributed by atoms with Crippen molar-refractivity contribution >= 4 is 23.2 Å². The zero-order valence-corrected chi connectivity index (χ0v) is 23.5.